The van der Waals surface area contributed by atoms with Crippen molar-refractivity contribution in [2.75, 3.05) is 0 Å². The maximum Gasteiger partial charge on any atom is 0.147 e. The van der Waals surface area contributed by atoms with Crippen molar-refractivity contribution in [2.45, 2.75) is 52.3 Å². The van der Waals surface area contributed by atoms with E-state index in [0.717, 1.165) is 36.1 Å². The third-order valence-electron chi connectivity index (χ3n) is 5.70. The summed E-state index contributed by atoms with van der Waals surface area (Å²) < 4.78 is 6.02. The monoisotopic (exact) mass is 413 g/mol. The van der Waals surface area contributed by atoms with E-state index in [9.17, 15) is 5.11 Å². The molecular formula is C28H31NO2. The van der Waals surface area contributed by atoms with Gasteiger partial charge in [-0.1, -0.05) is 48.5 Å². The van der Waals surface area contributed by atoms with Crippen LogP contribution in [0.25, 0.3) is 11.1 Å². The Hall–Kier alpha value is -3.04. The molecule has 1 aliphatic carbocycles. The van der Waals surface area contributed by atoms with E-state index in [4.69, 9.17) is 4.74 Å². The molecule has 3 aromatic rings. The number of aryl methyl sites for hydroxylation is 1. The van der Waals surface area contributed by atoms with Gasteiger partial charge in [0.05, 0.1) is 0 Å². The van der Waals surface area contributed by atoms with Crippen LogP contribution in [-0.2, 0) is 6.42 Å². The number of nitrogens with one attached hydrogen (secondary N) is 1. The number of hydrogen-bond donors (Lipinski definition) is 2. The third-order valence-corrected chi connectivity index (χ3v) is 5.70. The molecule has 4 rings (SSSR count). The third kappa shape index (κ3) is 5.00. The second-order valence-corrected chi connectivity index (χ2v) is 8.52. The minimum atomic E-state index is -0.0500. The molecule has 1 unspecified atom stereocenters. The van der Waals surface area contributed by atoms with Crippen LogP contribution in [0.1, 0.15) is 55.9 Å². The predicted molar refractivity (Wildman–Crippen MR) is 128 cm³/mol. The maximum atomic E-state index is 9.82. The lowest BCUT2D eigenvalue weighted by atomic mass is 9.81. The Morgan fingerprint density at radius 1 is 0.839 bits per heavy atom. The predicted octanol–water partition coefficient (Wildman–Crippen LogP) is 6.41. The second-order valence-electron chi connectivity index (χ2n) is 8.52. The van der Waals surface area contributed by atoms with Gasteiger partial charge in [0.25, 0.3) is 0 Å². The van der Waals surface area contributed by atoms with Crippen molar-refractivity contribution in [1.82, 2.24) is 5.32 Å². The molecule has 0 saturated carbocycles. The molecule has 160 valence electrons. The quantitative estimate of drug-likeness (QED) is 0.459. The Balaban J connectivity index is 1.76. The Morgan fingerprint density at radius 2 is 1.48 bits per heavy atom. The zero-order valence-corrected chi connectivity index (χ0v) is 18.6. The zero-order valence-electron chi connectivity index (χ0n) is 18.6. The Bertz CT molecular complexity index is 1050. The molecule has 0 aromatic heterocycles. The average Bonchev–Trinajstić information content (AvgIpc) is 2.76. The molecule has 2 N–H and O–H groups in total. The number of allylic oxidation sites excluding steroid dienone is 1. The normalized spacial score (nSPS) is 16.0. The maximum absolute atomic E-state index is 9.82. The fourth-order valence-electron chi connectivity index (χ4n) is 4.43. The van der Waals surface area contributed by atoms with Crippen LogP contribution in [0.5, 0.6) is 11.5 Å². The molecule has 3 aromatic carbocycles. The summed E-state index contributed by atoms with van der Waals surface area (Å²) in [6.45, 7) is 6.25. The number of rotatable bonds is 6. The molecule has 0 saturated heterocycles. The molecule has 0 heterocycles. The molecule has 1 aliphatic rings. The van der Waals surface area contributed by atoms with Gasteiger partial charge in [-0.15, -0.1) is 0 Å². The number of phenols is 1. The van der Waals surface area contributed by atoms with Gasteiger partial charge in [-0.25, -0.2) is 0 Å². The van der Waals surface area contributed by atoms with Crippen molar-refractivity contribution in [3.63, 3.8) is 0 Å². The molecule has 0 amide bonds. The van der Waals surface area contributed by atoms with Crippen molar-refractivity contribution >= 4 is 11.1 Å². The Morgan fingerprint density at radius 3 is 2.16 bits per heavy atom. The van der Waals surface area contributed by atoms with Crippen LogP contribution in [0, 0.1) is 0 Å². The van der Waals surface area contributed by atoms with Crippen molar-refractivity contribution in [3.05, 3.63) is 95.1 Å². The summed E-state index contributed by atoms with van der Waals surface area (Å²) in [7, 11) is 0. The van der Waals surface area contributed by atoms with Gasteiger partial charge in [0, 0.05) is 6.04 Å². The van der Waals surface area contributed by atoms with Crippen LogP contribution < -0.4 is 10.1 Å². The van der Waals surface area contributed by atoms with Crippen LogP contribution in [0.4, 0.5) is 0 Å². The van der Waals surface area contributed by atoms with Crippen LogP contribution in [0.3, 0.4) is 0 Å². The molecular weight excluding hydrogens is 382 g/mol. The van der Waals surface area contributed by atoms with Gasteiger partial charge in [0.1, 0.15) is 17.7 Å². The van der Waals surface area contributed by atoms with Gasteiger partial charge in [-0.05, 0) is 97.7 Å². The van der Waals surface area contributed by atoms with Gasteiger partial charge in [-0.2, -0.15) is 0 Å². The number of hydrogen-bond acceptors (Lipinski definition) is 3. The minimum Gasteiger partial charge on any atom is -0.508 e. The largest absolute Gasteiger partial charge is 0.508 e. The Labute approximate surface area is 185 Å². The lowest BCUT2D eigenvalue weighted by molar-refractivity contribution is 0.172. The smallest absolute Gasteiger partial charge is 0.147 e. The summed E-state index contributed by atoms with van der Waals surface area (Å²) in [5, 5.41) is 13.2. The summed E-state index contributed by atoms with van der Waals surface area (Å²) in [5.41, 5.74) is 7.63. The van der Waals surface area contributed by atoms with E-state index in [-0.39, 0.29) is 12.0 Å². The van der Waals surface area contributed by atoms with Crippen LogP contribution in [0.15, 0.2) is 72.8 Å². The van der Waals surface area contributed by atoms with Gasteiger partial charge in [-0.3, -0.25) is 5.32 Å². The standard InChI is InChI=1S/C28H31NO2/c1-19(2)29-20(3)31-25-17-13-23(14-18-25)28(22-11-15-24(30)16-12-22)27-10-6-8-21-7-4-5-9-26(21)27/h4-5,7,9,11-20,29-30H,6,8,10H2,1-3H3. The molecule has 0 fully saturated rings. The molecule has 3 heteroatoms. The van der Waals surface area contributed by atoms with E-state index in [1.54, 1.807) is 12.1 Å². The highest BCUT2D eigenvalue weighted by Crippen LogP contribution is 2.40. The van der Waals surface area contributed by atoms with E-state index in [1.165, 1.54) is 22.3 Å². The fraction of sp³-hybridized carbons (Fsp3) is 0.286. The van der Waals surface area contributed by atoms with E-state index in [2.05, 4.69) is 55.6 Å². The summed E-state index contributed by atoms with van der Waals surface area (Å²) in [6, 6.07) is 25.0. The lowest BCUT2D eigenvalue weighted by Crippen LogP contribution is -2.36. The number of ether oxygens (including phenoxy) is 1. The van der Waals surface area contributed by atoms with Crippen LogP contribution in [-0.4, -0.2) is 17.4 Å². The summed E-state index contributed by atoms with van der Waals surface area (Å²) in [5.74, 6) is 1.14. The highest BCUT2D eigenvalue weighted by molar-refractivity contribution is 5.99. The first-order valence-electron chi connectivity index (χ1n) is 11.2. The topological polar surface area (TPSA) is 41.5 Å². The molecule has 0 spiro atoms. The van der Waals surface area contributed by atoms with Gasteiger partial charge in [0.2, 0.25) is 0 Å². The Kier molecular flexibility index (Phi) is 6.43. The van der Waals surface area contributed by atoms with E-state index in [1.807, 2.05) is 31.2 Å². The van der Waals surface area contributed by atoms with Crippen molar-refractivity contribution in [3.8, 4) is 11.5 Å². The summed E-state index contributed by atoms with van der Waals surface area (Å²) in [4.78, 5) is 0. The minimum absolute atomic E-state index is 0.0500. The van der Waals surface area contributed by atoms with Gasteiger partial charge in [0.15, 0.2) is 0 Å². The SMILES string of the molecule is CC(C)NC(C)Oc1ccc(C(=C2CCCc3ccccc32)c2ccc(O)cc2)cc1. The highest BCUT2D eigenvalue weighted by atomic mass is 16.5. The highest BCUT2D eigenvalue weighted by Gasteiger charge is 2.20. The molecule has 1 atom stereocenters. The number of aromatic hydroxyl groups is 1. The second kappa shape index (κ2) is 9.40. The molecule has 0 bridgehead atoms. The van der Waals surface area contributed by atoms with Crippen molar-refractivity contribution in [2.24, 2.45) is 0 Å². The molecule has 31 heavy (non-hydrogen) atoms. The van der Waals surface area contributed by atoms with Crippen LogP contribution >= 0.6 is 0 Å². The molecule has 0 aliphatic heterocycles. The van der Waals surface area contributed by atoms with Gasteiger partial charge >= 0.3 is 0 Å². The first-order valence-corrected chi connectivity index (χ1v) is 11.2. The van der Waals surface area contributed by atoms with Crippen LogP contribution in [0.2, 0.25) is 0 Å². The van der Waals surface area contributed by atoms with E-state index in [0.29, 0.717) is 6.04 Å². The number of fused-ring (bicyclic) bond motifs is 1. The van der Waals surface area contributed by atoms with Crippen molar-refractivity contribution < 1.29 is 9.84 Å². The van der Waals surface area contributed by atoms with E-state index < -0.39 is 0 Å². The first kappa shape index (κ1) is 21.2. The van der Waals surface area contributed by atoms with Crippen molar-refractivity contribution in [1.29, 1.82) is 0 Å². The molecule has 3 nitrogen and oxygen atoms in total. The average molecular weight is 414 g/mol. The lowest BCUT2D eigenvalue weighted by Gasteiger charge is -2.24. The number of benzene rings is 3. The van der Waals surface area contributed by atoms with E-state index >= 15 is 0 Å². The molecule has 0 radical (unpaired) electrons. The first-order chi connectivity index (χ1) is 15.0. The summed E-state index contributed by atoms with van der Waals surface area (Å²) >= 11 is 0. The zero-order chi connectivity index (χ0) is 21.8. The summed E-state index contributed by atoms with van der Waals surface area (Å²) in [6.07, 6.45) is 3.26. The fourth-order valence-corrected chi connectivity index (χ4v) is 4.43. The number of phenolic OH excluding ortho intramolecular Hbond substituents is 1. The van der Waals surface area contributed by atoms with Gasteiger partial charge < -0.3 is 9.84 Å².